The summed E-state index contributed by atoms with van der Waals surface area (Å²) in [4.78, 5) is 2.45. The SMILES string of the molecule is CNC1C(CN2CCC(C)(O)C2)CCCC1(C)C. The Morgan fingerprint density at radius 1 is 1.28 bits per heavy atom. The maximum Gasteiger partial charge on any atom is 0.0758 e. The third-order valence-corrected chi connectivity index (χ3v) is 5.04. The van der Waals surface area contributed by atoms with E-state index in [2.05, 4.69) is 31.1 Å². The van der Waals surface area contributed by atoms with E-state index in [1.807, 2.05) is 6.92 Å². The molecule has 2 rings (SSSR count). The van der Waals surface area contributed by atoms with Crippen LogP contribution in [0.4, 0.5) is 0 Å². The molecular formula is C15H30N2O. The smallest absolute Gasteiger partial charge is 0.0758 e. The fraction of sp³-hybridized carbons (Fsp3) is 1.00. The molecule has 1 saturated heterocycles. The third-order valence-electron chi connectivity index (χ3n) is 5.04. The number of rotatable bonds is 3. The van der Waals surface area contributed by atoms with Crippen LogP contribution in [0.1, 0.15) is 46.5 Å². The second-order valence-corrected chi connectivity index (χ2v) is 7.39. The second kappa shape index (κ2) is 5.10. The Balaban J connectivity index is 1.96. The highest BCUT2D eigenvalue weighted by Gasteiger charge is 2.40. The van der Waals surface area contributed by atoms with E-state index in [1.54, 1.807) is 0 Å². The Kier molecular flexibility index (Phi) is 4.05. The highest BCUT2D eigenvalue weighted by Crippen LogP contribution is 2.39. The first-order valence-corrected chi connectivity index (χ1v) is 7.46. The van der Waals surface area contributed by atoms with Crippen LogP contribution in [0.5, 0.6) is 0 Å². The molecule has 2 fully saturated rings. The van der Waals surface area contributed by atoms with Gasteiger partial charge in [-0.15, -0.1) is 0 Å². The number of nitrogens with one attached hydrogen (secondary N) is 1. The van der Waals surface area contributed by atoms with Crippen molar-refractivity contribution < 1.29 is 5.11 Å². The lowest BCUT2D eigenvalue weighted by Crippen LogP contribution is -2.51. The average Bonchev–Trinajstić information content (AvgIpc) is 2.57. The largest absolute Gasteiger partial charge is 0.389 e. The van der Waals surface area contributed by atoms with Crippen molar-refractivity contribution in [3.63, 3.8) is 0 Å². The Bertz CT molecular complexity index is 288. The molecular weight excluding hydrogens is 224 g/mol. The van der Waals surface area contributed by atoms with Crippen molar-refractivity contribution in [1.29, 1.82) is 0 Å². The molecule has 3 nitrogen and oxygen atoms in total. The summed E-state index contributed by atoms with van der Waals surface area (Å²) in [6.45, 7) is 9.79. The van der Waals surface area contributed by atoms with Gasteiger partial charge in [0.15, 0.2) is 0 Å². The predicted octanol–water partition coefficient (Wildman–Crippen LogP) is 1.86. The topological polar surface area (TPSA) is 35.5 Å². The summed E-state index contributed by atoms with van der Waals surface area (Å²) in [5, 5.41) is 13.6. The number of hydrogen-bond acceptors (Lipinski definition) is 3. The van der Waals surface area contributed by atoms with Gasteiger partial charge in [-0.3, -0.25) is 0 Å². The first kappa shape index (κ1) is 14.3. The molecule has 0 bridgehead atoms. The Morgan fingerprint density at radius 2 is 2.00 bits per heavy atom. The van der Waals surface area contributed by atoms with Crippen LogP contribution in [0.15, 0.2) is 0 Å². The van der Waals surface area contributed by atoms with Crippen molar-refractivity contribution in [2.24, 2.45) is 11.3 Å². The van der Waals surface area contributed by atoms with Crippen molar-refractivity contribution in [3.05, 3.63) is 0 Å². The highest BCUT2D eigenvalue weighted by atomic mass is 16.3. The first-order valence-electron chi connectivity index (χ1n) is 7.46. The van der Waals surface area contributed by atoms with Gasteiger partial charge in [0.05, 0.1) is 5.60 Å². The molecule has 3 atom stereocenters. The molecule has 2 N–H and O–H groups in total. The van der Waals surface area contributed by atoms with E-state index < -0.39 is 5.60 Å². The van der Waals surface area contributed by atoms with Gasteiger partial charge in [0.25, 0.3) is 0 Å². The van der Waals surface area contributed by atoms with Gasteiger partial charge >= 0.3 is 0 Å². The maximum atomic E-state index is 10.1. The molecule has 106 valence electrons. The van der Waals surface area contributed by atoms with Crippen LogP contribution >= 0.6 is 0 Å². The molecule has 0 amide bonds. The summed E-state index contributed by atoms with van der Waals surface area (Å²) < 4.78 is 0. The molecule has 1 aliphatic heterocycles. The lowest BCUT2D eigenvalue weighted by atomic mass is 9.68. The molecule has 1 saturated carbocycles. The summed E-state index contributed by atoms with van der Waals surface area (Å²) in [7, 11) is 2.10. The Morgan fingerprint density at radius 3 is 2.56 bits per heavy atom. The Hall–Kier alpha value is -0.120. The van der Waals surface area contributed by atoms with E-state index in [0.717, 1.165) is 32.0 Å². The quantitative estimate of drug-likeness (QED) is 0.807. The zero-order valence-electron chi connectivity index (χ0n) is 12.5. The number of β-amino-alcohol motifs (C(OH)–C–C–N with tert-alkyl or cyclic N) is 1. The minimum absolute atomic E-state index is 0.403. The van der Waals surface area contributed by atoms with Crippen molar-refractivity contribution >= 4 is 0 Å². The van der Waals surface area contributed by atoms with E-state index in [4.69, 9.17) is 0 Å². The van der Waals surface area contributed by atoms with Gasteiger partial charge < -0.3 is 15.3 Å². The minimum Gasteiger partial charge on any atom is -0.389 e. The molecule has 3 unspecified atom stereocenters. The van der Waals surface area contributed by atoms with Crippen LogP contribution < -0.4 is 5.32 Å². The molecule has 1 heterocycles. The van der Waals surface area contributed by atoms with E-state index in [9.17, 15) is 5.11 Å². The summed E-state index contributed by atoms with van der Waals surface area (Å²) >= 11 is 0. The summed E-state index contributed by atoms with van der Waals surface area (Å²) in [6.07, 6.45) is 4.92. The van der Waals surface area contributed by atoms with Crippen LogP contribution in [-0.4, -0.2) is 48.3 Å². The lowest BCUT2D eigenvalue weighted by Gasteiger charge is -2.45. The average molecular weight is 254 g/mol. The fourth-order valence-corrected chi connectivity index (χ4v) is 4.13. The standard InChI is InChI=1S/C15H30N2O/c1-14(2)7-5-6-12(13(14)16-4)10-17-9-8-15(3,18)11-17/h12-13,16,18H,5-11H2,1-4H3. The third kappa shape index (κ3) is 3.06. The summed E-state index contributed by atoms with van der Waals surface area (Å²) in [5.41, 5.74) is -0.0563. The van der Waals surface area contributed by atoms with Gasteiger partial charge in [-0.05, 0) is 44.6 Å². The number of hydrogen-bond donors (Lipinski definition) is 2. The minimum atomic E-state index is -0.459. The van der Waals surface area contributed by atoms with Crippen molar-refractivity contribution in [3.8, 4) is 0 Å². The van der Waals surface area contributed by atoms with E-state index in [1.165, 1.54) is 19.3 Å². The van der Waals surface area contributed by atoms with Crippen LogP contribution in [0.25, 0.3) is 0 Å². The number of nitrogens with zero attached hydrogens (tertiary/aromatic N) is 1. The van der Waals surface area contributed by atoms with E-state index in [-0.39, 0.29) is 0 Å². The molecule has 0 spiro atoms. The van der Waals surface area contributed by atoms with Crippen LogP contribution in [-0.2, 0) is 0 Å². The molecule has 1 aliphatic carbocycles. The number of likely N-dealkylation sites (tertiary alicyclic amines) is 1. The second-order valence-electron chi connectivity index (χ2n) is 7.39. The van der Waals surface area contributed by atoms with Crippen molar-refractivity contribution in [2.45, 2.75) is 58.1 Å². The van der Waals surface area contributed by atoms with Gasteiger partial charge in [-0.2, -0.15) is 0 Å². The van der Waals surface area contributed by atoms with Gasteiger partial charge in [0.1, 0.15) is 0 Å². The van der Waals surface area contributed by atoms with Crippen LogP contribution in [0.3, 0.4) is 0 Å². The monoisotopic (exact) mass is 254 g/mol. The molecule has 0 aromatic heterocycles. The Labute approximate surface area is 112 Å². The highest BCUT2D eigenvalue weighted by molar-refractivity contribution is 4.95. The molecule has 0 radical (unpaired) electrons. The predicted molar refractivity (Wildman–Crippen MR) is 75.7 cm³/mol. The van der Waals surface area contributed by atoms with Gasteiger partial charge in [-0.25, -0.2) is 0 Å². The maximum absolute atomic E-state index is 10.1. The molecule has 18 heavy (non-hydrogen) atoms. The summed E-state index contributed by atoms with van der Waals surface area (Å²) in [5.74, 6) is 0.729. The van der Waals surface area contributed by atoms with Crippen molar-refractivity contribution in [2.75, 3.05) is 26.7 Å². The molecule has 0 aromatic rings. The summed E-state index contributed by atoms with van der Waals surface area (Å²) in [6, 6.07) is 0.608. The molecule has 0 aromatic carbocycles. The lowest BCUT2D eigenvalue weighted by molar-refractivity contribution is 0.0544. The zero-order chi connectivity index (χ0) is 13.4. The normalized spacial score (nSPS) is 41.2. The van der Waals surface area contributed by atoms with Gasteiger partial charge in [0.2, 0.25) is 0 Å². The van der Waals surface area contributed by atoms with Crippen LogP contribution in [0.2, 0.25) is 0 Å². The van der Waals surface area contributed by atoms with E-state index >= 15 is 0 Å². The van der Waals surface area contributed by atoms with Crippen LogP contribution in [0, 0.1) is 11.3 Å². The first-order chi connectivity index (χ1) is 8.34. The zero-order valence-corrected chi connectivity index (χ0v) is 12.5. The number of aliphatic hydroxyl groups is 1. The van der Waals surface area contributed by atoms with Crippen molar-refractivity contribution in [1.82, 2.24) is 10.2 Å². The van der Waals surface area contributed by atoms with E-state index in [0.29, 0.717) is 11.5 Å². The molecule has 3 heteroatoms. The fourth-order valence-electron chi connectivity index (χ4n) is 4.13. The molecule has 2 aliphatic rings. The van der Waals surface area contributed by atoms with Gasteiger partial charge in [-0.1, -0.05) is 20.3 Å². The van der Waals surface area contributed by atoms with Gasteiger partial charge in [0, 0.05) is 25.7 Å².